The topological polar surface area (TPSA) is 71.3 Å². The minimum Gasteiger partial charge on any atom is -0.493 e. The molecule has 3 rings (SSSR count). The number of benzene rings is 3. The number of amides is 1. The van der Waals surface area contributed by atoms with Crippen LogP contribution in [0.15, 0.2) is 60.2 Å². The smallest absolute Gasteiger partial charge is 0.266 e. The molecule has 0 saturated carbocycles. The van der Waals surface area contributed by atoms with Crippen LogP contribution in [0.25, 0.3) is 6.08 Å². The highest BCUT2D eigenvalue weighted by Crippen LogP contribution is 2.37. The summed E-state index contributed by atoms with van der Waals surface area (Å²) in [5.41, 5.74) is 3.77. The molecule has 1 N–H and O–H groups in total. The summed E-state index contributed by atoms with van der Waals surface area (Å²) in [6.45, 7) is 4.00. The van der Waals surface area contributed by atoms with Gasteiger partial charge in [-0.1, -0.05) is 41.4 Å². The van der Waals surface area contributed by atoms with Gasteiger partial charge in [-0.3, -0.25) is 4.79 Å². The van der Waals surface area contributed by atoms with Crippen LogP contribution in [0.4, 0.5) is 10.1 Å². The number of nitriles is 1. The number of nitrogens with zero attached hydrogens (tertiary/aromatic N) is 1. The number of anilines is 1. The molecule has 0 atom stereocenters. The van der Waals surface area contributed by atoms with Crippen molar-refractivity contribution in [2.75, 3.05) is 12.4 Å². The Morgan fingerprint density at radius 1 is 1.15 bits per heavy atom. The lowest BCUT2D eigenvalue weighted by Gasteiger charge is -2.14. The number of rotatable bonds is 7. The average molecular weight is 465 g/mol. The molecule has 33 heavy (non-hydrogen) atoms. The molecule has 0 aliphatic heterocycles. The number of aryl methyl sites for hydroxylation is 2. The monoisotopic (exact) mass is 464 g/mol. The van der Waals surface area contributed by atoms with Crippen molar-refractivity contribution < 1.29 is 18.7 Å². The van der Waals surface area contributed by atoms with Crippen molar-refractivity contribution in [3.63, 3.8) is 0 Å². The highest BCUT2D eigenvalue weighted by atomic mass is 35.5. The molecule has 0 heterocycles. The Bertz CT molecular complexity index is 1250. The van der Waals surface area contributed by atoms with Crippen LogP contribution in [-0.4, -0.2) is 13.0 Å². The van der Waals surface area contributed by atoms with E-state index in [0.29, 0.717) is 22.7 Å². The number of hydrogen-bond donors (Lipinski definition) is 1. The van der Waals surface area contributed by atoms with Crippen LogP contribution >= 0.6 is 11.6 Å². The molecule has 0 radical (unpaired) electrons. The minimum absolute atomic E-state index is 0.0897. The maximum absolute atomic E-state index is 13.1. The summed E-state index contributed by atoms with van der Waals surface area (Å²) >= 11 is 6.40. The van der Waals surface area contributed by atoms with Gasteiger partial charge in [0, 0.05) is 5.69 Å². The predicted octanol–water partition coefficient (Wildman–Crippen LogP) is 6.23. The molecule has 5 nitrogen and oxygen atoms in total. The molecule has 3 aromatic carbocycles. The summed E-state index contributed by atoms with van der Waals surface area (Å²) in [5, 5.41) is 12.5. The van der Waals surface area contributed by atoms with E-state index in [-0.39, 0.29) is 23.0 Å². The SMILES string of the molecule is COc1cc(/C=C(\C#N)C(=O)Nc2ccc(C)cc2C)cc(Cl)c1OCc1ccc(F)cc1. The molecule has 0 aromatic heterocycles. The molecule has 0 bridgehead atoms. The van der Waals surface area contributed by atoms with Gasteiger partial charge in [-0.2, -0.15) is 5.26 Å². The van der Waals surface area contributed by atoms with E-state index in [1.165, 1.54) is 25.3 Å². The third kappa shape index (κ3) is 6.12. The second kappa shape index (κ2) is 10.7. The van der Waals surface area contributed by atoms with E-state index in [4.69, 9.17) is 21.1 Å². The minimum atomic E-state index is -0.531. The van der Waals surface area contributed by atoms with E-state index in [1.807, 2.05) is 32.0 Å². The number of nitrogens with one attached hydrogen (secondary N) is 1. The summed E-state index contributed by atoms with van der Waals surface area (Å²) in [4.78, 5) is 12.7. The zero-order valence-electron chi connectivity index (χ0n) is 18.4. The second-order valence-electron chi connectivity index (χ2n) is 7.39. The van der Waals surface area contributed by atoms with Crippen LogP contribution in [0.2, 0.25) is 5.02 Å². The molecule has 0 unspecified atom stereocenters. The van der Waals surface area contributed by atoms with Crippen molar-refractivity contribution >= 4 is 29.3 Å². The predicted molar refractivity (Wildman–Crippen MR) is 127 cm³/mol. The van der Waals surface area contributed by atoms with Crippen molar-refractivity contribution in [3.8, 4) is 17.6 Å². The van der Waals surface area contributed by atoms with Crippen molar-refractivity contribution in [1.82, 2.24) is 0 Å². The molecule has 1 amide bonds. The van der Waals surface area contributed by atoms with Gasteiger partial charge < -0.3 is 14.8 Å². The largest absolute Gasteiger partial charge is 0.493 e. The van der Waals surface area contributed by atoms with Crippen LogP contribution in [0.1, 0.15) is 22.3 Å². The van der Waals surface area contributed by atoms with E-state index in [2.05, 4.69) is 5.32 Å². The van der Waals surface area contributed by atoms with Crippen molar-refractivity contribution in [2.45, 2.75) is 20.5 Å². The Labute approximate surface area is 197 Å². The summed E-state index contributed by atoms with van der Waals surface area (Å²) < 4.78 is 24.3. The van der Waals surface area contributed by atoms with Crippen LogP contribution in [0.5, 0.6) is 11.5 Å². The first-order valence-corrected chi connectivity index (χ1v) is 10.4. The molecular weight excluding hydrogens is 443 g/mol. The molecule has 3 aromatic rings. The summed E-state index contributed by atoms with van der Waals surface area (Å²) in [6, 6.07) is 16.7. The molecule has 168 valence electrons. The van der Waals surface area contributed by atoms with Gasteiger partial charge in [0.05, 0.1) is 12.1 Å². The first kappa shape index (κ1) is 23.8. The Morgan fingerprint density at radius 2 is 1.88 bits per heavy atom. The second-order valence-corrected chi connectivity index (χ2v) is 7.80. The number of hydrogen-bond acceptors (Lipinski definition) is 4. The van der Waals surface area contributed by atoms with Gasteiger partial charge in [-0.05, 0) is 66.9 Å². The van der Waals surface area contributed by atoms with Crippen LogP contribution in [-0.2, 0) is 11.4 Å². The Morgan fingerprint density at radius 3 is 2.52 bits per heavy atom. The average Bonchev–Trinajstić information content (AvgIpc) is 2.79. The first-order chi connectivity index (χ1) is 15.8. The highest BCUT2D eigenvalue weighted by Gasteiger charge is 2.15. The molecule has 0 fully saturated rings. The van der Waals surface area contributed by atoms with Gasteiger partial charge in [-0.25, -0.2) is 4.39 Å². The lowest BCUT2D eigenvalue weighted by atomic mass is 10.1. The van der Waals surface area contributed by atoms with Gasteiger partial charge in [-0.15, -0.1) is 0 Å². The fourth-order valence-corrected chi connectivity index (χ4v) is 3.43. The number of methoxy groups -OCH3 is 1. The van der Waals surface area contributed by atoms with Crippen LogP contribution in [0, 0.1) is 31.0 Å². The van der Waals surface area contributed by atoms with Crippen molar-refractivity contribution in [1.29, 1.82) is 5.26 Å². The van der Waals surface area contributed by atoms with E-state index in [9.17, 15) is 14.4 Å². The molecule has 0 saturated heterocycles. The number of ether oxygens (including phenoxy) is 2. The zero-order chi connectivity index (χ0) is 24.0. The van der Waals surface area contributed by atoms with Gasteiger partial charge in [0.1, 0.15) is 24.1 Å². The lowest BCUT2D eigenvalue weighted by Crippen LogP contribution is -2.14. The molecule has 0 aliphatic carbocycles. The maximum atomic E-state index is 13.1. The summed E-state index contributed by atoms with van der Waals surface area (Å²) in [6.07, 6.45) is 1.43. The van der Waals surface area contributed by atoms with Crippen molar-refractivity contribution in [2.24, 2.45) is 0 Å². The van der Waals surface area contributed by atoms with E-state index >= 15 is 0 Å². The molecule has 0 spiro atoms. The van der Waals surface area contributed by atoms with Gasteiger partial charge in [0.2, 0.25) is 0 Å². The number of halogens is 2. The van der Waals surface area contributed by atoms with Crippen LogP contribution < -0.4 is 14.8 Å². The number of carbonyl (C=O) groups is 1. The van der Waals surface area contributed by atoms with Gasteiger partial charge in [0.25, 0.3) is 5.91 Å². The van der Waals surface area contributed by atoms with E-state index in [1.54, 1.807) is 30.3 Å². The quantitative estimate of drug-likeness (QED) is 0.332. The van der Waals surface area contributed by atoms with Gasteiger partial charge in [0.15, 0.2) is 11.5 Å². The third-order valence-electron chi connectivity index (χ3n) is 4.85. The zero-order valence-corrected chi connectivity index (χ0v) is 19.2. The maximum Gasteiger partial charge on any atom is 0.266 e. The Hall–Kier alpha value is -3.82. The Balaban J connectivity index is 1.82. The van der Waals surface area contributed by atoms with E-state index < -0.39 is 5.91 Å². The summed E-state index contributed by atoms with van der Waals surface area (Å²) in [5.74, 6) is -0.224. The highest BCUT2D eigenvalue weighted by molar-refractivity contribution is 6.32. The molecular formula is C26H22ClFN2O3. The van der Waals surface area contributed by atoms with Gasteiger partial charge >= 0.3 is 0 Å². The third-order valence-corrected chi connectivity index (χ3v) is 5.14. The van der Waals surface area contributed by atoms with Crippen molar-refractivity contribution in [3.05, 3.63) is 93.3 Å². The standard InChI is InChI=1S/C26H22ClFN2O3/c1-16-4-9-23(17(2)10-16)30-26(31)20(14-29)11-19-12-22(27)25(24(13-19)32-3)33-15-18-5-7-21(28)8-6-18/h4-13H,15H2,1-3H3,(H,30,31)/b20-11+. The summed E-state index contributed by atoms with van der Waals surface area (Å²) in [7, 11) is 1.46. The first-order valence-electron chi connectivity index (χ1n) is 10.1. The Kier molecular flexibility index (Phi) is 7.70. The van der Waals surface area contributed by atoms with Crippen LogP contribution in [0.3, 0.4) is 0 Å². The lowest BCUT2D eigenvalue weighted by molar-refractivity contribution is -0.112. The molecule has 7 heteroatoms. The van der Waals surface area contributed by atoms with E-state index in [0.717, 1.165) is 16.7 Å². The number of carbonyl (C=O) groups excluding carboxylic acids is 1. The fourth-order valence-electron chi connectivity index (χ4n) is 3.16. The normalized spacial score (nSPS) is 11.0. The fraction of sp³-hybridized carbons (Fsp3) is 0.154. The molecule has 0 aliphatic rings.